The first-order chi connectivity index (χ1) is 10.2. The topological polar surface area (TPSA) is 106 Å². The Labute approximate surface area is 128 Å². The van der Waals surface area contributed by atoms with Crippen molar-refractivity contribution in [3.63, 3.8) is 0 Å². The first-order valence-electron chi connectivity index (χ1n) is 5.84. The van der Waals surface area contributed by atoms with Gasteiger partial charge in [-0.1, -0.05) is 11.6 Å². The molecule has 0 atom stereocenters. The normalized spacial score (nSPS) is 10.6. The molecule has 9 heteroatoms. The van der Waals surface area contributed by atoms with Crippen LogP contribution in [0.2, 0.25) is 5.02 Å². The van der Waals surface area contributed by atoms with Crippen molar-refractivity contribution >= 4 is 51.8 Å². The smallest absolute Gasteiger partial charge is 0.255 e. The molecular weight excluding hydrogens is 312 g/mol. The highest BCUT2D eigenvalue weighted by Crippen LogP contribution is 2.30. The third-order valence-corrected chi connectivity index (χ3v) is 3.64. The van der Waals surface area contributed by atoms with Gasteiger partial charge in [-0.15, -0.1) is 0 Å². The number of hydrogen-bond acceptors (Lipinski definition) is 7. The van der Waals surface area contributed by atoms with Gasteiger partial charge in [0, 0.05) is 11.8 Å². The Bertz CT molecular complexity index is 820. The van der Waals surface area contributed by atoms with Crippen LogP contribution >= 0.6 is 23.3 Å². The molecule has 0 radical (unpaired) electrons. The maximum Gasteiger partial charge on any atom is 0.255 e. The number of nitrogen functional groups attached to an aromatic ring is 1. The van der Waals surface area contributed by atoms with Gasteiger partial charge in [-0.05, 0) is 24.3 Å². The molecule has 0 bridgehead atoms. The summed E-state index contributed by atoms with van der Waals surface area (Å²) >= 11 is 7.19. The summed E-state index contributed by atoms with van der Waals surface area (Å²) in [5.74, 6) is 5.33. The van der Waals surface area contributed by atoms with Crippen LogP contribution in [0.1, 0.15) is 10.4 Å². The average Bonchev–Trinajstić information content (AvgIpc) is 2.99. The monoisotopic (exact) mass is 320 g/mol. The number of rotatable bonds is 3. The van der Waals surface area contributed by atoms with Crippen molar-refractivity contribution in [3.05, 3.63) is 41.0 Å². The highest BCUT2D eigenvalue weighted by atomic mass is 35.5. The molecular formula is C12H9ClN6OS. The zero-order chi connectivity index (χ0) is 14.8. The fourth-order valence-electron chi connectivity index (χ4n) is 1.78. The molecule has 106 valence electrons. The quantitative estimate of drug-likeness (QED) is 0.505. The van der Waals surface area contributed by atoms with Crippen LogP contribution in [0.4, 0.5) is 11.5 Å². The van der Waals surface area contributed by atoms with Gasteiger partial charge < -0.3 is 10.7 Å². The van der Waals surface area contributed by atoms with Crippen molar-refractivity contribution < 1.29 is 4.79 Å². The van der Waals surface area contributed by atoms with Crippen molar-refractivity contribution in [3.8, 4) is 0 Å². The van der Waals surface area contributed by atoms with Gasteiger partial charge in [-0.2, -0.15) is 8.75 Å². The van der Waals surface area contributed by atoms with E-state index in [4.69, 9.17) is 17.4 Å². The molecule has 1 aromatic carbocycles. The number of nitrogens with one attached hydrogen (secondary N) is 2. The number of carbonyl (C=O) groups excluding carboxylic acids is 1. The Morgan fingerprint density at radius 2 is 2.14 bits per heavy atom. The molecule has 1 amide bonds. The number of fused-ring (bicyclic) bond motifs is 1. The molecule has 3 aromatic rings. The summed E-state index contributed by atoms with van der Waals surface area (Å²) in [6, 6.07) is 6.52. The molecule has 3 rings (SSSR count). The Kier molecular flexibility index (Phi) is 3.65. The van der Waals surface area contributed by atoms with Crippen molar-refractivity contribution in [2.75, 3.05) is 10.7 Å². The highest BCUT2D eigenvalue weighted by Gasteiger charge is 2.14. The number of hydrogen-bond donors (Lipinski definition) is 3. The highest BCUT2D eigenvalue weighted by molar-refractivity contribution is 7.00. The van der Waals surface area contributed by atoms with Crippen LogP contribution in [0.3, 0.4) is 0 Å². The Hall–Kier alpha value is -2.29. The van der Waals surface area contributed by atoms with Gasteiger partial charge in [0.05, 0.1) is 22.4 Å². The summed E-state index contributed by atoms with van der Waals surface area (Å²) in [6.45, 7) is 0. The fourth-order valence-corrected chi connectivity index (χ4v) is 2.52. The van der Waals surface area contributed by atoms with E-state index in [1.54, 1.807) is 18.2 Å². The number of nitrogens with zero attached hydrogens (tertiary/aromatic N) is 3. The fraction of sp³-hybridized carbons (Fsp3) is 0. The number of aromatic nitrogens is 3. The van der Waals surface area contributed by atoms with E-state index in [1.807, 2.05) is 0 Å². The second-order valence-corrected chi connectivity index (χ2v) is 5.02. The van der Waals surface area contributed by atoms with E-state index in [0.29, 0.717) is 33.1 Å². The maximum atomic E-state index is 12.3. The zero-order valence-corrected chi connectivity index (χ0v) is 12.1. The number of nitrogens with two attached hydrogens (primary N) is 1. The second-order valence-electron chi connectivity index (χ2n) is 4.08. The number of halogens is 1. The number of benzene rings is 1. The van der Waals surface area contributed by atoms with Gasteiger partial charge in [0.1, 0.15) is 16.9 Å². The van der Waals surface area contributed by atoms with E-state index in [2.05, 4.69) is 24.5 Å². The maximum absolute atomic E-state index is 12.3. The number of carbonyl (C=O) groups is 1. The van der Waals surface area contributed by atoms with E-state index in [9.17, 15) is 4.79 Å². The van der Waals surface area contributed by atoms with Crippen molar-refractivity contribution in [1.29, 1.82) is 0 Å². The van der Waals surface area contributed by atoms with Gasteiger partial charge in [-0.25, -0.2) is 10.8 Å². The first kappa shape index (κ1) is 13.7. The van der Waals surface area contributed by atoms with Gasteiger partial charge in [0.2, 0.25) is 0 Å². The minimum Gasteiger partial charge on any atom is -0.319 e. The molecule has 7 nitrogen and oxygen atoms in total. The molecule has 4 N–H and O–H groups in total. The summed E-state index contributed by atoms with van der Waals surface area (Å²) in [6.07, 6.45) is 1.48. The molecule has 0 spiro atoms. The molecule has 0 fully saturated rings. The molecule has 0 saturated heterocycles. The predicted octanol–water partition coefficient (Wildman–Crippen LogP) is 2.28. The lowest BCUT2D eigenvalue weighted by Gasteiger charge is -2.08. The van der Waals surface area contributed by atoms with E-state index in [-0.39, 0.29) is 5.91 Å². The lowest BCUT2D eigenvalue weighted by molar-refractivity contribution is 0.102. The van der Waals surface area contributed by atoms with E-state index >= 15 is 0 Å². The van der Waals surface area contributed by atoms with Crippen molar-refractivity contribution in [2.45, 2.75) is 0 Å². The summed E-state index contributed by atoms with van der Waals surface area (Å²) in [5.41, 5.74) is 4.46. The largest absolute Gasteiger partial charge is 0.319 e. The minimum absolute atomic E-state index is 0.337. The SMILES string of the molecule is NNc1cc(C(=O)Nc2c(Cl)ccc3nsnc23)ccn1. The van der Waals surface area contributed by atoms with Crippen LogP contribution in [-0.4, -0.2) is 19.6 Å². The van der Waals surface area contributed by atoms with Crippen LogP contribution in [0.15, 0.2) is 30.5 Å². The molecule has 0 saturated carbocycles. The summed E-state index contributed by atoms with van der Waals surface area (Å²) < 4.78 is 8.26. The second kappa shape index (κ2) is 5.60. The van der Waals surface area contributed by atoms with Crippen molar-refractivity contribution in [1.82, 2.24) is 13.7 Å². The summed E-state index contributed by atoms with van der Waals surface area (Å²) in [7, 11) is 0. The summed E-state index contributed by atoms with van der Waals surface area (Å²) in [4.78, 5) is 16.2. The Morgan fingerprint density at radius 3 is 2.95 bits per heavy atom. The number of hydrazine groups is 1. The number of anilines is 2. The third kappa shape index (κ3) is 2.64. The standard InChI is InChI=1S/C12H9ClN6OS/c13-7-1-2-8-11(19-21-18-8)10(7)16-12(20)6-3-4-15-9(5-6)17-14/h1-5H,14H2,(H,15,17)(H,16,20). The number of amides is 1. The molecule has 21 heavy (non-hydrogen) atoms. The van der Waals surface area contributed by atoms with Gasteiger partial charge in [-0.3, -0.25) is 4.79 Å². The van der Waals surface area contributed by atoms with Crippen LogP contribution in [0, 0.1) is 0 Å². The van der Waals surface area contributed by atoms with Gasteiger partial charge in [0.25, 0.3) is 5.91 Å². The van der Waals surface area contributed by atoms with Crippen LogP contribution < -0.4 is 16.6 Å². The van der Waals surface area contributed by atoms with Crippen LogP contribution in [-0.2, 0) is 0 Å². The summed E-state index contributed by atoms with van der Waals surface area (Å²) in [5, 5.41) is 3.14. The van der Waals surface area contributed by atoms with Crippen molar-refractivity contribution in [2.24, 2.45) is 5.84 Å². The van der Waals surface area contributed by atoms with E-state index in [1.165, 1.54) is 12.3 Å². The first-order valence-corrected chi connectivity index (χ1v) is 6.94. The molecule has 0 aliphatic rings. The lowest BCUT2D eigenvalue weighted by Crippen LogP contribution is -2.14. The molecule has 2 aromatic heterocycles. The third-order valence-electron chi connectivity index (χ3n) is 2.79. The predicted molar refractivity (Wildman–Crippen MR) is 82.4 cm³/mol. The lowest BCUT2D eigenvalue weighted by atomic mass is 10.2. The molecule has 0 aliphatic heterocycles. The van der Waals surface area contributed by atoms with Gasteiger partial charge in [0.15, 0.2) is 0 Å². The molecule has 2 heterocycles. The minimum atomic E-state index is -0.337. The van der Waals surface area contributed by atoms with E-state index < -0.39 is 0 Å². The van der Waals surface area contributed by atoms with Crippen LogP contribution in [0.25, 0.3) is 11.0 Å². The van der Waals surface area contributed by atoms with E-state index in [0.717, 1.165) is 11.7 Å². The van der Waals surface area contributed by atoms with Gasteiger partial charge >= 0.3 is 0 Å². The Morgan fingerprint density at radius 1 is 1.29 bits per heavy atom. The van der Waals surface area contributed by atoms with Crippen LogP contribution in [0.5, 0.6) is 0 Å². The Balaban J connectivity index is 1.96. The molecule has 0 aliphatic carbocycles. The zero-order valence-electron chi connectivity index (χ0n) is 10.5. The average molecular weight is 321 g/mol. The number of pyridine rings is 1. The molecule has 0 unspecified atom stereocenters.